The lowest BCUT2D eigenvalue weighted by Crippen LogP contribution is -2.33. The van der Waals surface area contributed by atoms with E-state index in [4.69, 9.17) is 4.52 Å². The minimum Gasteiger partial charge on any atom is -0.339 e. The smallest absolute Gasteiger partial charge is 0.226 e. The Morgan fingerprint density at radius 3 is 2.73 bits per heavy atom. The molecule has 0 bridgehead atoms. The summed E-state index contributed by atoms with van der Waals surface area (Å²) in [7, 11) is 2.07. The van der Waals surface area contributed by atoms with Gasteiger partial charge in [0.05, 0.1) is 6.54 Å². The van der Waals surface area contributed by atoms with Gasteiger partial charge in [0.1, 0.15) is 5.82 Å². The Hall–Kier alpha value is -1.69. The van der Waals surface area contributed by atoms with Crippen LogP contribution >= 0.6 is 0 Å². The van der Waals surface area contributed by atoms with Crippen molar-refractivity contribution in [3.05, 3.63) is 29.9 Å². The number of hydrogen-bond donors (Lipinski definition) is 0. The first-order valence-electron chi connectivity index (χ1n) is 8.13. The van der Waals surface area contributed by atoms with E-state index in [1.165, 1.54) is 5.82 Å². The standard InChI is InChI=1S/C16H25N5O/c1-12(2)10-15-18-14(19-22-15)11-21-7-4-13(5-8-21)16-17-6-9-20(16)3/h6,9,12-13H,4-5,7-8,10-11H2,1-3H3. The summed E-state index contributed by atoms with van der Waals surface area (Å²) in [5.74, 6) is 3.89. The summed E-state index contributed by atoms with van der Waals surface area (Å²) in [5, 5.41) is 4.10. The summed E-state index contributed by atoms with van der Waals surface area (Å²) in [6.45, 7) is 7.23. The van der Waals surface area contributed by atoms with Gasteiger partial charge < -0.3 is 9.09 Å². The second-order valence-corrected chi connectivity index (χ2v) is 6.65. The highest BCUT2D eigenvalue weighted by molar-refractivity contribution is 5.02. The molecule has 0 atom stereocenters. The molecule has 1 saturated heterocycles. The molecule has 0 saturated carbocycles. The van der Waals surface area contributed by atoms with E-state index in [9.17, 15) is 0 Å². The maximum absolute atomic E-state index is 5.31. The molecule has 1 fully saturated rings. The monoisotopic (exact) mass is 303 g/mol. The third-order valence-corrected chi connectivity index (χ3v) is 4.27. The molecule has 0 aliphatic carbocycles. The Bertz CT molecular complexity index is 595. The van der Waals surface area contributed by atoms with Crippen molar-refractivity contribution in [3.63, 3.8) is 0 Å². The van der Waals surface area contributed by atoms with E-state index in [0.717, 1.165) is 50.6 Å². The van der Waals surface area contributed by atoms with Crippen LogP contribution in [0.5, 0.6) is 0 Å². The van der Waals surface area contributed by atoms with E-state index in [2.05, 4.69) is 45.5 Å². The Labute approximate surface area is 131 Å². The zero-order valence-electron chi connectivity index (χ0n) is 13.7. The Morgan fingerprint density at radius 2 is 2.09 bits per heavy atom. The largest absolute Gasteiger partial charge is 0.339 e. The number of rotatable bonds is 5. The van der Waals surface area contributed by atoms with Crippen LogP contribution < -0.4 is 0 Å². The predicted octanol–water partition coefficient (Wildman–Crippen LogP) is 2.38. The molecule has 0 aromatic carbocycles. The highest BCUT2D eigenvalue weighted by Crippen LogP contribution is 2.26. The van der Waals surface area contributed by atoms with Gasteiger partial charge >= 0.3 is 0 Å². The van der Waals surface area contributed by atoms with Gasteiger partial charge in [-0.05, 0) is 31.8 Å². The van der Waals surface area contributed by atoms with Crippen molar-refractivity contribution in [2.45, 2.75) is 45.6 Å². The van der Waals surface area contributed by atoms with Crippen LogP contribution in [0, 0.1) is 5.92 Å². The van der Waals surface area contributed by atoms with Crippen LogP contribution in [-0.2, 0) is 20.0 Å². The van der Waals surface area contributed by atoms with Crippen molar-refractivity contribution in [3.8, 4) is 0 Å². The molecular weight excluding hydrogens is 278 g/mol. The normalized spacial score (nSPS) is 17.5. The summed E-state index contributed by atoms with van der Waals surface area (Å²) < 4.78 is 7.45. The minimum atomic E-state index is 0.543. The van der Waals surface area contributed by atoms with Gasteiger partial charge in [-0.3, -0.25) is 4.90 Å². The van der Waals surface area contributed by atoms with E-state index < -0.39 is 0 Å². The molecule has 1 aliphatic heterocycles. The Kier molecular flexibility index (Phi) is 4.57. The fraction of sp³-hybridized carbons (Fsp3) is 0.688. The SMILES string of the molecule is CC(C)Cc1nc(CN2CCC(c3nccn3C)CC2)no1. The molecule has 1 aliphatic rings. The van der Waals surface area contributed by atoms with E-state index in [-0.39, 0.29) is 0 Å². The molecule has 3 heterocycles. The van der Waals surface area contributed by atoms with Gasteiger partial charge in [-0.15, -0.1) is 0 Å². The van der Waals surface area contributed by atoms with Gasteiger partial charge in [-0.2, -0.15) is 4.98 Å². The van der Waals surface area contributed by atoms with Crippen LogP contribution in [0.4, 0.5) is 0 Å². The molecule has 2 aromatic heterocycles. The van der Waals surface area contributed by atoms with Crippen LogP contribution in [-0.4, -0.2) is 37.7 Å². The van der Waals surface area contributed by atoms with Gasteiger partial charge in [0.2, 0.25) is 5.89 Å². The first-order valence-corrected chi connectivity index (χ1v) is 8.13. The summed E-state index contributed by atoms with van der Waals surface area (Å²) >= 11 is 0. The molecule has 22 heavy (non-hydrogen) atoms. The number of aromatic nitrogens is 4. The molecule has 6 nitrogen and oxygen atoms in total. The summed E-state index contributed by atoms with van der Waals surface area (Å²) in [4.78, 5) is 11.4. The average molecular weight is 303 g/mol. The number of aryl methyl sites for hydroxylation is 1. The summed E-state index contributed by atoms with van der Waals surface area (Å²) in [6, 6.07) is 0. The zero-order valence-corrected chi connectivity index (χ0v) is 13.7. The van der Waals surface area contributed by atoms with Crippen molar-refractivity contribution in [1.82, 2.24) is 24.6 Å². The number of nitrogens with zero attached hydrogens (tertiary/aromatic N) is 5. The molecule has 0 spiro atoms. The summed E-state index contributed by atoms with van der Waals surface area (Å²) in [5.41, 5.74) is 0. The van der Waals surface area contributed by atoms with Crippen molar-refractivity contribution in [2.24, 2.45) is 13.0 Å². The second kappa shape index (κ2) is 6.60. The quantitative estimate of drug-likeness (QED) is 0.848. The Balaban J connectivity index is 1.51. The van der Waals surface area contributed by atoms with Crippen LogP contribution in [0.15, 0.2) is 16.9 Å². The van der Waals surface area contributed by atoms with E-state index in [0.29, 0.717) is 11.8 Å². The molecular formula is C16H25N5O. The van der Waals surface area contributed by atoms with Crippen molar-refractivity contribution >= 4 is 0 Å². The highest BCUT2D eigenvalue weighted by Gasteiger charge is 2.24. The van der Waals surface area contributed by atoms with Crippen LogP contribution in [0.1, 0.15) is 50.1 Å². The zero-order chi connectivity index (χ0) is 15.5. The number of imidazole rings is 1. The summed E-state index contributed by atoms with van der Waals surface area (Å²) in [6.07, 6.45) is 7.05. The van der Waals surface area contributed by atoms with Crippen LogP contribution in [0.2, 0.25) is 0 Å². The molecule has 3 rings (SSSR count). The lowest BCUT2D eigenvalue weighted by Gasteiger charge is -2.30. The van der Waals surface area contributed by atoms with E-state index in [1.807, 2.05) is 12.4 Å². The highest BCUT2D eigenvalue weighted by atomic mass is 16.5. The predicted molar refractivity (Wildman–Crippen MR) is 83.3 cm³/mol. The molecule has 0 amide bonds. The maximum atomic E-state index is 5.31. The van der Waals surface area contributed by atoms with E-state index in [1.54, 1.807) is 0 Å². The molecule has 0 radical (unpaired) electrons. The third kappa shape index (κ3) is 3.55. The fourth-order valence-corrected chi connectivity index (χ4v) is 3.11. The van der Waals surface area contributed by atoms with Gasteiger partial charge in [-0.1, -0.05) is 19.0 Å². The van der Waals surface area contributed by atoms with Gasteiger partial charge in [0.15, 0.2) is 5.82 Å². The van der Waals surface area contributed by atoms with E-state index >= 15 is 0 Å². The number of hydrogen-bond acceptors (Lipinski definition) is 5. The van der Waals surface area contributed by atoms with Crippen LogP contribution in [0.3, 0.4) is 0 Å². The average Bonchev–Trinajstić information content (AvgIpc) is 3.08. The Morgan fingerprint density at radius 1 is 1.32 bits per heavy atom. The van der Waals surface area contributed by atoms with Crippen molar-refractivity contribution in [1.29, 1.82) is 0 Å². The maximum Gasteiger partial charge on any atom is 0.226 e. The van der Waals surface area contributed by atoms with Crippen molar-refractivity contribution < 1.29 is 4.52 Å². The minimum absolute atomic E-state index is 0.543. The lowest BCUT2D eigenvalue weighted by atomic mass is 9.96. The van der Waals surface area contributed by atoms with Crippen LogP contribution in [0.25, 0.3) is 0 Å². The number of piperidine rings is 1. The van der Waals surface area contributed by atoms with Gasteiger partial charge in [-0.25, -0.2) is 4.98 Å². The van der Waals surface area contributed by atoms with Gasteiger partial charge in [0, 0.05) is 31.8 Å². The topological polar surface area (TPSA) is 60.0 Å². The lowest BCUT2D eigenvalue weighted by molar-refractivity contribution is 0.194. The first-order chi connectivity index (χ1) is 10.6. The molecule has 6 heteroatoms. The third-order valence-electron chi connectivity index (χ3n) is 4.27. The van der Waals surface area contributed by atoms with Gasteiger partial charge in [0.25, 0.3) is 0 Å². The van der Waals surface area contributed by atoms with Crippen molar-refractivity contribution in [2.75, 3.05) is 13.1 Å². The second-order valence-electron chi connectivity index (χ2n) is 6.65. The molecule has 120 valence electrons. The molecule has 2 aromatic rings. The molecule has 0 N–H and O–H groups in total. The number of likely N-dealkylation sites (tertiary alicyclic amines) is 1. The fourth-order valence-electron chi connectivity index (χ4n) is 3.11. The molecule has 0 unspecified atom stereocenters. The first kappa shape index (κ1) is 15.2.